The molecule has 0 bridgehead atoms. The van der Waals surface area contributed by atoms with Gasteiger partial charge in [0.1, 0.15) is 11.4 Å². The van der Waals surface area contributed by atoms with E-state index in [0.29, 0.717) is 15.8 Å². The van der Waals surface area contributed by atoms with Crippen LogP contribution in [0.1, 0.15) is 49.7 Å². The summed E-state index contributed by atoms with van der Waals surface area (Å²) in [5.74, 6) is -0.0651. The number of hydrogen-bond acceptors (Lipinski definition) is 5. The molecule has 2 aromatic rings. The first-order valence-corrected chi connectivity index (χ1v) is 9.62. The maximum Gasteiger partial charge on any atom is 0.338 e. The van der Waals surface area contributed by atoms with E-state index in [0.717, 1.165) is 5.56 Å². The summed E-state index contributed by atoms with van der Waals surface area (Å²) in [5.41, 5.74) is 0.309. The van der Waals surface area contributed by atoms with E-state index in [4.69, 9.17) is 9.47 Å². The van der Waals surface area contributed by atoms with E-state index < -0.39 is 17.6 Å². The third kappa shape index (κ3) is 5.55. The summed E-state index contributed by atoms with van der Waals surface area (Å²) in [5, 5.41) is 0. The fraction of sp³-hybridized carbons (Fsp3) is 0.381. The lowest BCUT2D eigenvalue weighted by Gasteiger charge is -2.19. The average molecular weight is 450 g/mol. The van der Waals surface area contributed by atoms with Gasteiger partial charge in [-0.05, 0) is 61.3 Å². The van der Waals surface area contributed by atoms with E-state index in [1.54, 1.807) is 52.0 Å². The van der Waals surface area contributed by atoms with Crippen LogP contribution in [0.2, 0.25) is 0 Å². The summed E-state index contributed by atoms with van der Waals surface area (Å²) < 4.78 is 12.4. The van der Waals surface area contributed by atoms with Crippen LogP contribution in [-0.2, 0) is 16.0 Å². The van der Waals surface area contributed by atoms with Gasteiger partial charge in [0.2, 0.25) is 0 Å². The topological polar surface area (TPSA) is 74.6 Å². The summed E-state index contributed by atoms with van der Waals surface area (Å²) >= 11 is 3.26. The molecule has 6 nitrogen and oxygen atoms in total. The van der Waals surface area contributed by atoms with E-state index in [2.05, 4.69) is 15.9 Å². The molecule has 0 aliphatic carbocycles. The lowest BCUT2D eigenvalue weighted by molar-refractivity contribution is -0.121. The minimum Gasteiger partial charge on any atom is -0.494 e. The van der Waals surface area contributed by atoms with Gasteiger partial charge in [-0.25, -0.2) is 4.79 Å². The zero-order chi connectivity index (χ0) is 21.1. The summed E-state index contributed by atoms with van der Waals surface area (Å²) in [6.07, 6.45) is 1.65. The highest BCUT2D eigenvalue weighted by Crippen LogP contribution is 2.23. The van der Waals surface area contributed by atoms with Crippen LogP contribution < -0.4 is 10.3 Å². The molecule has 0 saturated heterocycles. The summed E-state index contributed by atoms with van der Waals surface area (Å²) in [7, 11) is 1.49. The molecule has 0 amide bonds. The summed E-state index contributed by atoms with van der Waals surface area (Å²) in [6.45, 7) is 7.08. The molecule has 0 aliphatic rings. The molecule has 1 atom stereocenters. The van der Waals surface area contributed by atoms with Gasteiger partial charge >= 0.3 is 5.97 Å². The van der Waals surface area contributed by atoms with E-state index >= 15 is 0 Å². The number of carbonyl (C=O) groups is 2. The third-order valence-electron chi connectivity index (χ3n) is 4.07. The van der Waals surface area contributed by atoms with Gasteiger partial charge in [-0.3, -0.25) is 9.59 Å². The minimum atomic E-state index is -0.653. The Morgan fingerprint density at radius 2 is 1.79 bits per heavy atom. The number of benzene rings is 1. The summed E-state index contributed by atoms with van der Waals surface area (Å²) in [6, 6.07) is 7.42. The molecule has 0 spiro atoms. The summed E-state index contributed by atoms with van der Waals surface area (Å²) in [4.78, 5) is 36.9. The quantitative estimate of drug-likeness (QED) is 0.624. The molecule has 0 fully saturated rings. The number of Topliss-reactive ketones (excluding diaryl/α,β-unsaturated/α-hetero) is 1. The van der Waals surface area contributed by atoms with E-state index in [1.807, 2.05) is 0 Å². The van der Waals surface area contributed by atoms with Crippen LogP contribution in [0.15, 0.2) is 45.8 Å². The first-order valence-electron chi connectivity index (χ1n) is 8.82. The Hall–Kier alpha value is -2.41. The van der Waals surface area contributed by atoms with Gasteiger partial charge in [-0.2, -0.15) is 0 Å². The highest BCUT2D eigenvalue weighted by atomic mass is 79.9. The maximum absolute atomic E-state index is 12.7. The molecule has 150 valence electrons. The van der Waals surface area contributed by atoms with Gasteiger partial charge in [0.25, 0.3) is 5.56 Å². The maximum atomic E-state index is 12.7. The number of ether oxygens (including phenoxy) is 2. The molecule has 1 aromatic heterocycles. The van der Waals surface area contributed by atoms with Gasteiger partial charge in [-0.15, -0.1) is 0 Å². The molecular weight excluding hydrogens is 426 g/mol. The Kier molecular flexibility index (Phi) is 6.82. The number of ketones is 1. The van der Waals surface area contributed by atoms with Crippen molar-refractivity contribution in [3.8, 4) is 5.75 Å². The van der Waals surface area contributed by atoms with Gasteiger partial charge < -0.3 is 14.0 Å². The lowest BCUT2D eigenvalue weighted by atomic mass is 10.0. The van der Waals surface area contributed by atoms with Crippen LogP contribution in [-0.4, -0.2) is 29.0 Å². The average Bonchev–Trinajstić information content (AvgIpc) is 2.60. The van der Waals surface area contributed by atoms with Crippen LogP contribution in [0.5, 0.6) is 5.75 Å². The fourth-order valence-electron chi connectivity index (χ4n) is 2.56. The Morgan fingerprint density at radius 1 is 1.18 bits per heavy atom. The number of rotatable bonds is 6. The lowest BCUT2D eigenvalue weighted by Crippen LogP contribution is -2.28. The predicted molar refractivity (Wildman–Crippen MR) is 110 cm³/mol. The minimum absolute atomic E-state index is 0.128. The van der Waals surface area contributed by atoms with Crippen LogP contribution in [0.25, 0.3) is 0 Å². The molecule has 0 aliphatic heterocycles. The fourth-order valence-corrected chi connectivity index (χ4v) is 3.02. The number of hydrogen-bond donors (Lipinski definition) is 0. The molecule has 1 unspecified atom stereocenters. The van der Waals surface area contributed by atoms with Gasteiger partial charge in [0, 0.05) is 12.5 Å². The molecule has 0 saturated carbocycles. The van der Waals surface area contributed by atoms with Crippen LogP contribution >= 0.6 is 15.9 Å². The third-order valence-corrected chi connectivity index (χ3v) is 4.69. The van der Waals surface area contributed by atoms with Crippen molar-refractivity contribution in [1.82, 2.24) is 4.57 Å². The SMILES string of the molecule is COc1cn(C(C)C(=O)Cc2ccc(C(=O)OC(C)(C)C)cc2)c(=O)cc1Br. The molecule has 1 heterocycles. The molecule has 7 heteroatoms. The number of halogens is 1. The highest BCUT2D eigenvalue weighted by molar-refractivity contribution is 9.10. The molecule has 0 radical (unpaired) electrons. The van der Waals surface area contributed by atoms with Crippen LogP contribution in [0.4, 0.5) is 0 Å². The number of pyridine rings is 1. The molecular formula is C21H24BrNO5. The smallest absolute Gasteiger partial charge is 0.338 e. The zero-order valence-corrected chi connectivity index (χ0v) is 18.2. The van der Waals surface area contributed by atoms with Gasteiger partial charge in [0.15, 0.2) is 5.78 Å². The largest absolute Gasteiger partial charge is 0.494 e. The van der Waals surface area contributed by atoms with E-state index in [1.165, 1.54) is 23.9 Å². The Balaban J connectivity index is 2.13. The monoisotopic (exact) mass is 449 g/mol. The zero-order valence-electron chi connectivity index (χ0n) is 16.6. The van der Waals surface area contributed by atoms with Crippen molar-refractivity contribution in [1.29, 1.82) is 0 Å². The second-order valence-electron chi connectivity index (χ2n) is 7.45. The van der Waals surface area contributed by atoms with Crippen molar-refractivity contribution in [2.24, 2.45) is 0 Å². The van der Waals surface area contributed by atoms with Gasteiger partial charge in [-0.1, -0.05) is 12.1 Å². The number of aromatic nitrogens is 1. The Labute approximate surface area is 172 Å². The first-order chi connectivity index (χ1) is 13.0. The highest BCUT2D eigenvalue weighted by Gasteiger charge is 2.20. The second-order valence-corrected chi connectivity index (χ2v) is 8.31. The standard InChI is InChI=1S/C21H24BrNO5/c1-13(23-12-18(27-5)16(22)11-19(23)25)17(24)10-14-6-8-15(9-7-14)20(26)28-21(2,3)4/h6-9,11-13H,10H2,1-5H3. The Bertz CT molecular complexity index is 925. The van der Waals surface area contributed by atoms with E-state index in [-0.39, 0.29) is 17.8 Å². The molecule has 1 aromatic carbocycles. The second kappa shape index (κ2) is 8.73. The molecule has 2 rings (SSSR count). The van der Waals surface area contributed by atoms with Crippen LogP contribution in [0.3, 0.4) is 0 Å². The Morgan fingerprint density at radius 3 is 2.32 bits per heavy atom. The number of esters is 1. The normalized spacial score (nSPS) is 12.4. The molecule has 0 N–H and O–H groups in total. The van der Waals surface area contributed by atoms with Crippen molar-refractivity contribution in [3.63, 3.8) is 0 Å². The van der Waals surface area contributed by atoms with Crippen molar-refractivity contribution < 1.29 is 19.1 Å². The molecule has 28 heavy (non-hydrogen) atoms. The van der Waals surface area contributed by atoms with Crippen LogP contribution in [0, 0.1) is 0 Å². The van der Waals surface area contributed by atoms with E-state index in [9.17, 15) is 14.4 Å². The first kappa shape index (κ1) is 21.9. The van der Waals surface area contributed by atoms with Crippen molar-refractivity contribution in [2.45, 2.75) is 45.8 Å². The van der Waals surface area contributed by atoms with Crippen molar-refractivity contribution in [2.75, 3.05) is 7.11 Å². The van der Waals surface area contributed by atoms with Gasteiger partial charge in [0.05, 0.1) is 29.4 Å². The van der Waals surface area contributed by atoms with Crippen molar-refractivity contribution >= 4 is 27.7 Å². The number of nitrogens with zero attached hydrogens (tertiary/aromatic N) is 1. The predicted octanol–water partition coefficient (Wildman–Crippen LogP) is 3.95. The number of carbonyl (C=O) groups excluding carboxylic acids is 2. The number of methoxy groups -OCH3 is 1. The van der Waals surface area contributed by atoms with Crippen molar-refractivity contribution in [3.05, 3.63) is 62.5 Å².